The van der Waals surface area contributed by atoms with E-state index in [2.05, 4.69) is 0 Å². The molecule has 12 heavy (non-hydrogen) atoms. The molecule has 0 rings (SSSR count). The number of aliphatic hydroxyl groups is 1. The molecule has 0 heterocycles. The molecular weight excluding hydrogens is 178 g/mol. The lowest BCUT2D eigenvalue weighted by Crippen LogP contribution is -2.41. The lowest BCUT2D eigenvalue weighted by atomic mass is 10.3. The highest BCUT2D eigenvalue weighted by molar-refractivity contribution is 7.90. The second-order valence-corrected chi connectivity index (χ2v) is 6.46. The minimum Gasteiger partial charge on any atom is -0.395 e. The molecule has 0 aromatic rings. The summed E-state index contributed by atoms with van der Waals surface area (Å²) in [7, 11) is -1.80. The van der Waals surface area contributed by atoms with E-state index in [1.54, 1.807) is 20.8 Å². The Morgan fingerprint density at radius 1 is 1.33 bits per heavy atom. The Kier molecular flexibility index (Phi) is 3.68. The van der Waals surface area contributed by atoms with Gasteiger partial charge in [0.15, 0.2) is 0 Å². The first-order valence-electron chi connectivity index (χ1n) is 3.80. The molecule has 74 valence electrons. The fraction of sp³-hybridized carbons (Fsp3) is 1.00. The molecule has 5 heteroatoms. The van der Waals surface area contributed by atoms with Crippen LogP contribution in [0.3, 0.4) is 0 Å². The number of rotatable bonds is 3. The molecule has 0 spiro atoms. The van der Waals surface area contributed by atoms with Crippen LogP contribution in [-0.4, -0.2) is 42.8 Å². The van der Waals surface area contributed by atoms with Gasteiger partial charge in [0, 0.05) is 13.6 Å². The fourth-order valence-electron chi connectivity index (χ4n) is 0.729. The predicted molar refractivity (Wildman–Crippen MR) is 48.4 cm³/mol. The maximum atomic E-state index is 11.6. The first-order chi connectivity index (χ1) is 5.23. The summed E-state index contributed by atoms with van der Waals surface area (Å²) in [6, 6.07) is 0. The highest BCUT2D eigenvalue weighted by Gasteiger charge is 2.32. The van der Waals surface area contributed by atoms with Crippen molar-refractivity contribution >= 4 is 10.0 Å². The average Bonchev–Trinajstić information content (AvgIpc) is 1.85. The molecule has 0 aromatic carbocycles. The van der Waals surface area contributed by atoms with E-state index in [1.165, 1.54) is 11.4 Å². The van der Waals surface area contributed by atoms with Crippen molar-refractivity contribution in [3.8, 4) is 0 Å². The molecular formula is C7H17NO3S. The van der Waals surface area contributed by atoms with E-state index in [1.807, 2.05) is 0 Å². The van der Waals surface area contributed by atoms with Crippen molar-refractivity contribution in [1.82, 2.24) is 4.31 Å². The lowest BCUT2D eigenvalue weighted by Gasteiger charge is -2.26. The molecule has 0 unspecified atom stereocenters. The summed E-state index contributed by atoms with van der Waals surface area (Å²) in [5, 5.41) is 8.56. The third-order valence-electron chi connectivity index (χ3n) is 1.60. The molecule has 0 bridgehead atoms. The quantitative estimate of drug-likeness (QED) is 0.691. The minimum atomic E-state index is -3.27. The van der Waals surface area contributed by atoms with Crippen LogP contribution in [0.15, 0.2) is 0 Å². The summed E-state index contributed by atoms with van der Waals surface area (Å²) in [5.41, 5.74) is 0. The summed E-state index contributed by atoms with van der Waals surface area (Å²) in [4.78, 5) is 0. The molecule has 0 aromatic heterocycles. The topological polar surface area (TPSA) is 57.6 Å². The molecule has 1 N–H and O–H groups in total. The highest BCUT2D eigenvalue weighted by Crippen LogP contribution is 2.17. The molecule has 0 aliphatic heterocycles. The van der Waals surface area contributed by atoms with E-state index >= 15 is 0 Å². The first kappa shape index (κ1) is 11.9. The maximum absolute atomic E-state index is 11.6. The number of aliphatic hydroxyl groups excluding tert-OH is 1. The number of likely N-dealkylation sites (N-methyl/N-ethyl adjacent to an activating group) is 1. The SMILES string of the molecule is CN(CCO)S(=O)(=O)C(C)(C)C. The van der Waals surface area contributed by atoms with Gasteiger partial charge in [0.25, 0.3) is 0 Å². The van der Waals surface area contributed by atoms with Gasteiger partial charge in [-0.25, -0.2) is 12.7 Å². The van der Waals surface area contributed by atoms with E-state index in [0.717, 1.165) is 0 Å². The predicted octanol–water partition coefficient (Wildman–Crippen LogP) is 0.0388. The van der Waals surface area contributed by atoms with Gasteiger partial charge >= 0.3 is 0 Å². The van der Waals surface area contributed by atoms with Crippen LogP contribution in [0.25, 0.3) is 0 Å². The zero-order valence-corrected chi connectivity index (χ0v) is 8.85. The third-order valence-corrected chi connectivity index (χ3v) is 4.15. The van der Waals surface area contributed by atoms with Gasteiger partial charge in [0.2, 0.25) is 10.0 Å². The van der Waals surface area contributed by atoms with E-state index in [4.69, 9.17) is 5.11 Å². The van der Waals surface area contributed by atoms with Crippen LogP contribution >= 0.6 is 0 Å². The zero-order valence-electron chi connectivity index (χ0n) is 8.03. The van der Waals surface area contributed by atoms with Gasteiger partial charge in [-0.15, -0.1) is 0 Å². The van der Waals surface area contributed by atoms with Gasteiger partial charge in [-0.1, -0.05) is 0 Å². The van der Waals surface area contributed by atoms with Crippen molar-refractivity contribution in [3.63, 3.8) is 0 Å². The molecule has 0 atom stereocenters. The standard InChI is InChI=1S/C7H17NO3S/c1-7(2,3)12(10,11)8(4)5-6-9/h9H,5-6H2,1-4H3. The molecule has 0 aliphatic carbocycles. The van der Waals surface area contributed by atoms with E-state index in [9.17, 15) is 8.42 Å². The summed E-state index contributed by atoms with van der Waals surface area (Å²) < 4.78 is 23.5. The van der Waals surface area contributed by atoms with E-state index < -0.39 is 14.8 Å². The van der Waals surface area contributed by atoms with Crippen LogP contribution in [0.1, 0.15) is 20.8 Å². The van der Waals surface area contributed by atoms with Crippen LogP contribution in [0, 0.1) is 0 Å². The van der Waals surface area contributed by atoms with Crippen LogP contribution in [0.4, 0.5) is 0 Å². The monoisotopic (exact) mass is 195 g/mol. The summed E-state index contributed by atoms with van der Waals surface area (Å²) >= 11 is 0. The molecule has 0 saturated heterocycles. The number of sulfonamides is 1. The Labute approximate surface area is 74.2 Å². The summed E-state index contributed by atoms with van der Waals surface area (Å²) in [5.74, 6) is 0. The minimum absolute atomic E-state index is 0.147. The van der Waals surface area contributed by atoms with Gasteiger partial charge < -0.3 is 5.11 Å². The van der Waals surface area contributed by atoms with Gasteiger partial charge in [-0.3, -0.25) is 0 Å². The Morgan fingerprint density at radius 2 is 1.75 bits per heavy atom. The smallest absolute Gasteiger partial charge is 0.218 e. The zero-order chi connectivity index (χ0) is 9.99. The fourth-order valence-corrected chi connectivity index (χ4v) is 1.99. The van der Waals surface area contributed by atoms with Crippen LogP contribution in [-0.2, 0) is 10.0 Å². The van der Waals surface area contributed by atoms with Gasteiger partial charge in [0.1, 0.15) is 0 Å². The summed E-state index contributed by atoms with van der Waals surface area (Å²) in [6.45, 7) is 4.91. The number of hydrogen-bond donors (Lipinski definition) is 1. The largest absolute Gasteiger partial charge is 0.395 e. The van der Waals surface area contributed by atoms with Crippen LogP contribution < -0.4 is 0 Å². The van der Waals surface area contributed by atoms with Crippen molar-refractivity contribution in [3.05, 3.63) is 0 Å². The number of nitrogens with zero attached hydrogens (tertiary/aromatic N) is 1. The molecule has 4 nitrogen and oxygen atoms in total. The van der Waals surface area contributed by atoms with Crippen molar-refractivity contribution in [2.24, 2.45) is 0 Å². The van der Waals surface area contributed by atoms with Crippen LogP contribution in [0.2, 0.25) is 0 Å². The van der Waals surface area contributed by atoms with Gasteiger partial charge in [-0.05, 0) is 20.8 Å². The van der Waals surface area contributed by atoms with Crippen molar-refractivity contribution in [2.45, 2.75) is 25.5 Å². The molecule has 0 aliphatic rings. The summed E-state index contributed by atoms with van der Waals surface area (Å²) in [6.07, 6.45) is 0. The van der Waals surface area contributed by atoms with Crippen molar-refractivity contribution < 1.29 is 13.5 Å². The Balaban J connectivity index is 4.64. The Bertz CT molecular complexity index is 228. The molecule has 0 fully saturated rings. The second-order valence-electron chi connectivity index (χ2n) is 3.66. The van der Waals surface area contributed by atoms with Crippen LogP contribution in [0.5, 0.6) is 0 Å². The first-order valence-corrected chi connectivity index (χ1v) is 5.24. The maximum Gasteiger partial charge on any atom is 0.218 e. The highest BCUT2D eigenvalue weighted by atomic mass is 32.2. The van der Waals surface area contributed by atoms with Crippen molar-refractivity contribution in [2.75, 3.05) is 20.2 Å². The number of hydrogen-bond acceptors (Lipinski definition) is 3. The van der Waals surface area contributed by atoms with Crippen molar-refractivity contribution in [1.29, 1.82) is 0 Å². The average molecular weight is 195 g/mol. The lowest BCUT2D eigenvalue weighted by molar-refractivity contribution is 0.264. The Morgan fingerprint density at radius 3 is 2.00 bits per heavy atom. The third kappa shape index (κ3) is 2.43. The van der Waals surface area contributed by atoms with Gasteiger partial charge in [0.05, 0.1) is 11.4 Å². The Hall–Kier alpha value is -0.130. The van der Waals surface area contributed by atoms with E-state index in [0.29, 0.717) is 0 Å². The van der Waals surface area contributed by atoms with Gasteiger partial charge in [-0.2, -0.15) is 0 Å². The second kappa shape index (κ2) is 3.72. The molecule has 0 amide bonds. The molecule has 0 radical (unpaired) electrons. The molecule has 0 saturated carbocycles. The van der Waals surface area contributed by atoms with E-state index in [-0.39, 0.29) is 13.2 Å². The normalized spacial score (nSPS) is 13.8.